The van der Waals surface area contributed by atoms with E-state index in [1.807, 2.05) is 0 Å². The van der Waals surface area contributed by atoms with Gasteiger partial charge in [0, 0.05) is 16.6 Å². The van der Waals surface area contributed by atoms with E-state index in [4.69, 9.17) is 20.3 Å². The van der Waals surface area contributed by atoms with Crippen molar-refractivity contribution >= 4 is 49.3 Å². The van der Waals surface area contributed by atoms with Gasteiger partial charge < -0.3 is 20.5 Å². The van der Waals surface area contributed by atoms with Crippen LogP contribution in [0.3, 0.4) is 0 Å². The molecule has 0 bridgehead atoms. The van der Waals surface area contributed by atoms with Crippen molar-refractivity contribution in [1.82, 2.24) is 4.98 Å². The van der Waals surface area contributed by atoms with Crippen LogP contribution in [0.4, 0.5) is 16.6 Å². The van der Waals surface area contributed by atoms with Gasteiger partial charge in [0.15, 0.2) is 5.13 Å². The molecular weight excluding hydrogens is 412 g/mol. The molecule has 0 aliphatic carbocycles. The summed E-state index contributed by atoms with van der Waals surface area (Å²) in [6, 6.07) is 11.5. The highest BCUT2D eigenvalue weighted by atomic mass is 32.2. The predicted molar refractivity (Wildman–Crippen MR) is 117 cm³/mol. The number of thiazole rings is 1. The molecule has 0 fully saturated rings. The number of anilines is 3. The quantitative estimate of drug-likeness (QED) is 0.386. The first-order valence-corrected chi connectivity index (χ1v) is 10.9. The van der Waals surface area contributed by atoms with Gasteiger partial charge in [-0.05, 0) is 42.3 Å². The molecule has 0 saturated carbocycles. The van der Waals surface area contributed by atoms with Gasteiger partial charge in [0.25, 0.3) is 0 Å². The summed E-state index contributed by atoms with van der Waals surface area (Å²) in [6.07, 6.45) is 0. The predicted octanol–water partition coefficient (Wildman–Crippen LogP) is 2.67. The van der Waals surface area contributed by atoms with Crippen LogP contribution in [0.5, 0.6) is 11.5 Å². The minimum atomic E-state index is -2.77. The first-order chi connectivity index (χ1) is 13.7. The standard InChI is InChI=1S/C19H20N4O4S2/c1-26-12-6-9-14(15(10-12)27-2)16(24)17-18(20)23-19(28-17)22-11-4-7-13(8-5-11)29(3,21)25/h4-10H,3,20H2,1-2H3,(H2,21,25)(H,22,23). The molecule has 0 saturated heterocycles. The number of hydrogen-bond acceptors (Lipinski definition) is 8. The van der Waals surface area contributed by atoms with E-state index >= 15 is 0 Å². The second kappa shape index (κ2) is 8.11. The lowest BCUT2D eigenvalue weighted by Gasteiger charge is -2.08. The van der Waals surface area contributed by atoms with Crippen LogP contribution in [-0.2, 0) is 9.71 Å². The van der Waals surface area contributed by atoms with Crippen LogP contribution in [0.1, 0.15) is 15.2 Å². The van der Waals surface area contributed by atoms with Crippen molar-refractivity contribution in [2.45, 2.75) is 4.90 Å². The smallest absolute Gasteiger partial charge is 0.210 e. The van der Waals surface area contributed by atoms with Crippen LogP contribution >= 0.6 is 11.3 Å². The van der Waals surface area contributed by atoms with Gasteiger partial charge in [0.05, 0.1) is 29.5 Å². The number of nitrogen functional groups attached to an aromatic ring is 1. The van der Waals surface area contributed by atoms with E-state index in [0.29, 0.717) is 32.8 Å². The summed E-state index contributed by atoms with van der Waals surface area (Å²) in [6.45, 7) is 0. The fraction of sp³-hybridized carbons (Fsp3) is 0.105. The van der Waals surface area contributed by atoms with Crippen molar-refractivity contribution in [3.63, 3.8) is 0 Å². The lowest BCUT2D eigenvalue weighted by Crippen LogP contribution is -2.11. The number of carbonyl (C=O) groups excluding carboxylic acids is 1. The molecule has 0 aliphatic heterocycles. The van der Waals surface area contributed by atoms with E-state index in [1.165, 1.54) is 14.2 Å². The molecule has 1 heterocycles. The summed E-state index contributed by atoms with van der Waals surface area (Å²) in [4.78, 5) is 17.9. The third-order valence-electron chi connectivity index (χ3n) is 4.02. The van der Waals surface area contributed by atoms with Crippen LogP contribution < -0.4 is 25.7 Å². The van der Waals surface area contributed by atoms with Gasteiger partial charge in [-0.25, -0.2) is 9.19 Å². The van der Waals surface area contributed by atoms with E-state index < -0.39 is 9.71 Å². The fourth-order valence-electron chi connectivity index (χ4n) is 2.55. The van der Waals surface area contributed by atoms with Crippen molar-refractivity contribution in [2.75, 3.05) is 25.3 Å². The van der Waals surface area contributed by atoms with Gasteiger partial charge in [-0.2, -0.15) is 0 Å². The Morgan fingerprint density at radius 2 is 1.86 bits per heavy atom. The zero-order valence-electron chi connectivity index (χ0n) is 15.8. The Kier molecular flexibility index (Phi) is 5.78. The van der Waals surface area contributed by atoms with Gasteiger partial charge in [-0.3, -0.25) is 9.93 Å². The molecule has 29 heavy (non-hydrogen) atoms. The molecule has 2 aromatic carbocycles. The van der Waals surface area contributed by atoms with Crippen molar-refractivity contribution < 1.29 is 18.5 Å². The molecule has 8 nitrogen and oxygen atoms in total. The van der Waals surface area contributed by atoms with E-state index in [2.05, 4.69) is 16.2 Å². The van der Waals surface area contributed by atoms with E-state index in [1.54, 1.807) is 42.5 Å². The number of rotatable bonds is 7. The zero-order valence-corrected chi connectivity index (χ0v) is 17.4. The topological polar surface area (TPSA) is 130 Å². The minimum absolute atomic E-state index is 0.111. The van der Waals surface area contributed by atoms with Gasteiger partial charge in [0.2, 0.25) is 5.78 Å². The van der Waals surface area contributed by atoms with Crippen molar-refractivity contribution in [3.8, 4) is 11.5 Å². The Bertz CT molecular complexity index is 1160. The SMILES string of the molecule is C=S(N)(=O)c1ccc(Nc2nc(N)c(C(=O)c3ccc(OC)cc3OC)s2)cc1. The highest BCUT2D eigenvalue weighted by Gasteiger charge is 2.21. The van der Waals surface area contributed by atoms with Crippen molar-refractivity contribution in [1.29, 1.82) is 0 Å². The summed E-state index contributed by atoms with van der Waals surface area (Å²) in [5.41, 5.74) is 7.00. The highest BCUT2D eigenvalue weighted by molar-refractivity contribution is 7.98. The number of nitrogens with two attached hydrogens (primary N) is 2. The van der Waals surface area contributed by atoms with Crippen molar-refractivity contribution in [2.24, 2.45) is 5.14 Å². The van der Waals surface area contributed by atoms with Gasteiger partial charge in [0.1, 0.15) is 22.2 Å². The largest absolute Gasteiger partial charge is 0.497 e. The number of aromatic nitrogens is 1. The summed E-state index contributed by atoms with van der Waals surface area (Å²) in [5.74, 6) is 4.21. The number of nitrogens with one attached hydrogen (secondary N) is 1. The average Bonchev–Trinajstić information content (AvgIpc) is 3.06. The van der Waals surface area contributed by atoms with E-state index in [9.17, 15) is 9.00 Å². The normalized spacial score (nSPS) is 12.8. The molecule has 0 radical (unpaired) electrons. The lowest BCUT2D eigenvalue weighted by atomic mass is 10.1. The maximum absolute atomic E-state index is 13.0. The molecule has 5 N–H and O–H groups in total. The zero-order chi connectivity index (χ0) is 21.2. The molecule has 1 atom stereocenters. The molecule has 3 aromatic rings. The van der Waals surface area contributed by atoms with Gasteiger partial charge >= 0.3 is 0 Å². The summed E-state index contributed by atoms with van der Waals surface area (Å²) >= 11 is 1.12. The fourth-order valence-corrected chi connectivity index (χ4v) is 4.00. The number of benzene rings is 2. The monoisotopic (exact) mass is 432 g/mol. The minimum Gasteiger partial charge on any atom is -0.497 e. The third kappa shape index (κ3) is 4.50. The Balaban J connectivity index is 1.86. The summed E-state index contributed by atoms with van der Waals surface area (Å²) < 4.78 is 22.2. The molecule has 152 valence electrons. The third-order valence-corrected chi connectivity index (χ3v) is 6.07. The molecule has 0 spiro atoms. The number of hydrogen-bond donors (Lipinski definition) is 3. The molecule has 1 aromatic heterocycles. The highest BCUT2D eigenvalue weighted by Crippen LogP contribution is 2.33. The summed E-state index contributed by atoms with van der Waals surface area (Å²) in [5, 5.41) is 9.03. The number of nitrogens with zero attached hydrogens (tertiary/aromatic N) is 1. The molecular formula is C19H20N4O4S2. The van der Waals surface area contributed by atoms with Crippen LogP contribution in [0, 0.1) is 0 Å². The number of ketones is 1. The first kappa shape index (κ1) is 20.6. The lowest BCUT2D eigenvalue weighted by molar-refractivity contribution is 0.104. The van der Waals surface area contributed by atoms with Crippen LogP contribution in [0.25, 0.3) is 0 Å². The molecule has 3 rings (SSSR count). The van der Waals surface area contributed by atoms with Crippen LogP contribution in [-0.4, -0.2) is 35.1 Å². The van der Waals surface area contributed by atoms with Gasteiger partial charge in [-0.15, -0.1) is 0 Å². The second-order valence-electron chi connectivity index (χ2n) is 6.00. The Morgan fingerprint density at radius 3 is 2.45 bits per heavy atom. The van der Waals surface area contributed by atoms with E-state index in [0.717, 1.165) is 11.3 Å². The number of carbonyl (C=O) groups is 1. The average molecular weight is 433 g/mol. The number of ether oxygens (including phenoxy) is 2. The maximum atomic E-state index is 13.0. The Morgan fingerprint density at radius 1 is 1.17 bits per heavy atom. The summed E-state index contributed by atoms with van der Waals surface area (Å²) in [7, 11) is 0.234. The Labute approximate surface area is 172 Å². The maximum Gasteiger partial charge on any atom is 0.210 e. The van der Waals surface area contributed by atoms with Crippen LogP contribution in [0.2, 0.25) is 0 Å². The Hall–Kier alpha value is -3.08. The molecule has 10 heteroatoms. The number of methoxy groups -OCH3 is 2. The van der Waals surface area contributed by atoms with E-state index in [-0.39, 0.29) is 16.5 Å². The second-order valence-corrected chi connectivity index (χ2v) is 8.93. The van der Waals surface area contributed by atoms with Crippen LogP contribution in [0.15, 0.2) is 47.4 Å². The molecule has 0 aliphatic rings. The molecule has 1 unspecified atom stereocenters. The first-order valence-electron chi connectivity index (χ1n) is 8.28. The van der Waals surface area contributed by atoms with Crippen molar-refractivity contribution in [3.05, 3.63) is 52.9 Å². The van der Waals surface area contributed by atoms with Gasteiger partial charge in [-0.1, -0.05) is 11.3 Å². The molecule has 0 amide bonds.